The molecule has 4 nitrogen and oxygen atoms in total. The van der Waals surface area contributed by atoms with Gasteiger partial charge in [0, 0.05) is 16.6 Å². The number of rotatable bonds is 4. The Bertz CT molecular complexity index is 431. The summed E-state index contributed by atoms with van der Waals surface area (Å²) in [6, 6.07) is 0. The van der Waals surface area contributed by atoms with Crippen molar-refractivity contribution in [1.82, 2.24) is 9.88 Å². The summed E-state index contributed by atoms with van der Waals surface area (Å²) in [5, 5.41) is 4.67. The van der Waals surface area contributed by atoms with Gasteiger partial charge in [-0.05, 0) is 27.2 Å². The summed E-state index contributed by atoms with van der Waals surface area (Å²) in [7, 11) is 0. The van der Waals surface area contributed by atoms with Crippen molar-refractivity contribution in [2.75, 3.05) is 0 Å². The number of hydrogen-bond acceptors (Lipinski definition) is 3. The van der Waals surface area contributed by atoms with Crippen LogP contribution < -0.4 is 10.2 Å². The summed E-state index contributed by atoms with van der Waals surface area (Å²) < 4.78 is 1.49. The van der Waals surface area contributed by atoms with E-state index < -0.39 is 0 Å². The van der Waals surface area contributed by atoms with E-state index in [4.69, 9.17) is 0 Å². The molecule has 0 fully saturated rings. The molecule has 16 heavy (non-hydrogen) atoms. The Labute approximate surface area is 99.3 Å². The number of carbonyl (C=O) groups is 1. The predicted octanol–water partition coefficient (Wildman–Crippen LogP) is 1.52. The van der Waals surface area contributed by atoms with Crippen molar-refractivity contribution in [1.29, 1.82) is 0 Å². The quantitative estimate of drug-likeness (QED) is 0.870. The van der Waals surface area contributed by atoms with E-state index in [-0.39, 0.29) is 22.9 Å². The average molecular weight is 242 g/mol. The van der Waals surface area contributed by atoms with Crippen molar-refractivity contribution in [2.45, 2.75) is 46.2 Å². The number of thiazole rings is 1. The van der Waals surface area contributed by atoms with E-state index in [2.05, 4.69) is 5.32 Å². The molecular formula is C11H18N2O2S. The second kappa shape index (κ2) is 4.82. The van der Waals surface area contributed by atoms with E-state index in [1.54, 1.807) is 5.38 Å². The Morgan fingerprint density at radius 3 is 2.62 bits per heavy atom. The number of nitrogens with zero attached hydrogens (tertiary/aromatic N) is 1. The summed E-state index contributed by atoms with van der Waals surface area (Å²) >= 11 is 1.12. The molecule has 1 aromatic rings. The molecule has 1 N–H and O–H groups in total. The molecule has 0 aliphatic heterocycles. The molecule has 0 saturated carbocycles. The fourth-order valence-electron chi connectivity index (χ4n) is 1.25. The second-order valence-corrected chi connectivity index (χ2v) is 5.34. The van der Waals surface area contributed by atoms with Gasteiger partial charge in [-0.15, -0.1) is 0 Å². The first-order valence-corrected chi connectivity index (χ1v) is 6.19. The lowest BCUT2D eigenvalue weighted by Gasteiger charge is -2.24. The zero-order valence-corrected chi connectivity index (χ0v) is 11.0. The predicted molar refractivity (Wildman–Crippen MR) is 65.8 cm³/mol. The van der Waals surface area contributed by atoms with Crippen LogP contribution in [0.3, 0.4) is 0 Å². The summed E-state index contributed by atoms with van der Waals surface area (Å²) in [5.41, 5.74) is 0.615. The number of carbonyl (C=O) groups excluding carboxylic acids is 1. The minimum Gasteiger partial charge on any atom is -0.350 e. The van der Waals surface area contributed by atoms with Crippen LogP contribution in [0.15, 0.2) is 10.2 Å². The number of amides is 1. The van der Waals surface area contributed by atoms with E-state index in [1.807, 2.05) is 27.7 Å². The van der Waals surface area contributed by atoms with E-state index >= 15 is 0 Å². The zero-order chi connectivity index (χ0) is 12.3. The Balaban J connectivity index is 2.69. The maximum Gasteiger partial charge on any atom is 0.307 e. The van der Waals surface area contributed by atoms with Crippen LogP contribution in [0.1, 0.15) is 32.9 Å². The third-order valence-corrected chi connectivity index (χ3v) is 3.52. The van der Waals surface area contributed by atoms with Gasteiger partial charge in [0.2, 0.25) is 5.91 Å². The van der Waals surface area contributed by atoms with Crippen LogP contribution in [-0.2, 0) is 11.3 Å². The third-order valence-electron chi connectivity index (χ3n) is 2.64. The fourth-order valence-corrected chi connectivity index (χ4v) is 1.98. The Kier molecular flexibility index (Phi) is 3.91. The zero-order valence-electron chi connectivity index (χ0n) is 10.2. The van der Waals surface area contributed by atoms with Crippen LogP contribution in [0.25, 0.3) is 0 Å². The number of aryl methyl sites for hydroxylation is 1. The van der Waals surface area contributed by atoms with Gasteiger partial charge in [0.1, 0.15) is 6.54 Å². The van der Waals surface area contributed by atoms with Crippen LogP contribution in [0.2, 0.25) is 0 Å². The molecule has 1 aromatic heterocycles. The smallest absolute Gasteiger partial charge is 0.307 e. The molecule has 0 atom stereocenters. The lowest BCUT2D eigenvalue weighted by molar-refractivity contribution is -0.123. The van der Waals surface area contributed by atoms with Crippen molar-refractivity contribution >= 4 is 17.2 Å². The minimum atomic E-state index is -0.218. The van der Waals surface area contributed by atoms with E-state index in [1.165, 1.54) is 4.57 Å². The number of aromatic nitrogens is 1. The van der Waals surface area contributed by atoms with Gasteiger partial charge in [-0.2, -0.15) is 0 Å². The highest BCUT2D eigenvalue weighted by atomic mass is 32.1. The maximum absolute atomic E-state index is 11.7. The molecule has 90 valence electrons. The summed E-state index contributed by atoms with van der Waals surface area (Å²) in [4.78, 5) is 23.1. The van der Waals surface area contributed by atoms with E-state index in [9.17, 15) is 9.59 Å². The molecule has 0 spiro atoms. The first-order valence-electron chi connectivity index (χ1n) is 5.31. The molecule has 0 saturated heterocycles. The minimum absolute atomic E-state index is 0.0815. The Morgan fingerprint density at radius 1 is 1.56 bits per heavy atom. The topological polar surface area (TPSA) is 51.1 Å². The molecule has 0 aliphatic rings. The second-order valence-electron chi connectivity index (χ2n) is 4.51. The first-order chi connectivity index (χ1) is 7.35. The van der Waals surface area contributed by atoms with Gasteiger partial charge in [-0.3, -0.25) is 14.2 Å². The number of hydrogen-bond donors (Lipinski definition) is 1. The highest BCUT2D eigenvalue weighted by molar-refractivity contribution is 7.07. The van der Waals surface area contributed by atoms with Gasteiger partial charge in [0.25, 0.3) is 0 Å². The van der Waals surface area contributed by atoms with Gasteiger partial charge in [-0.25, -0.2) is 0 Å². The highest BCUT2D eigenvalue weighted by Crippen LogP contribution is 2.07. The highest BCUT2D eigenvalue weighted by Gasteiger charge is 2.18. The monoisotopic (exact) mass is 242 g/mol. The van der Waals surface area contributed by atoms with Crippen molar-refractivity contribution in [2.24, 2.45) is 0 Å². The maximum atomic E-state index is 11.7. The molecule has 0 radical (unpaired) electrons. The van der Waals surface area contributed by atoms with Crippen molar-refractivity contribution in [3.05, 3.63) is 20.7 Å². The largest absolute Gasteiger partial charge is 0.350 e. The lowest BCUT2D eigenvalue weighted by atomic mass is 10.0. The van der Waals surface area contributed by atoms with Gasteiger partial charge < -0.3 is 5.32 Å². The summed E-state index contributed by atoms with van der Waals surface area (Å²) in [6.07, 6.45) is 0.857. The van der Waals surface area contributed by atoms with Gasteiger partial charge in [-0.1, -0.05) is 18.3 Å². The van der Waals surface area contributed by atoms with Crippen molar-refractivity contribution in [3.63, 3.8) is 0 Å². The van der Waals surface area contributed by atoms with Crippen LogP contribution >= 0.6 is 11.3 Å². The van der Waals surface area contributed by atoms with Crippen LogP contribution in [0.4, 0.5) is 0 Å². The summed E-state index contributed by atoms with van der Waals surface area (Å²) in [6.45, 7) is 7.89. The average Bonchev–Trinajstić information content (AvgIpc) is 2.49. The molecule has 0 aliphatic carbocycles. The normalized spacial score (nSPS) is 11.5. The third kappa shape index (κ3) is 3.20. The van der Waals surface area contributed by atoms with E-state index in [0.717, 1.165) is 23.5 Å². The van der Waals surface area contributed by atoms with Gasteiger partial charge >= 0.3 is 4.87 Å². The van der Waals surface area contributed by atoms with Crippen molar-refractivity contribution < 1.29 is 4.79 Å². The SMILES string of the molecule is CCC(C)(C)NC(=O)Cn1c(C)csc1=O. The van der Waals surface area contributed by atoms with E-state index in [0.29, 0.717) is 0 Å². The van der Waals surface area contributed by atoms with Crippen LogP contribution in [0, 0.1) is 6.92 Å². The summed E-state index contributed by atoms with van der Waals surface area (Å²) in [5.74, 6) is -0.115. The molecule has 0 aromatic carbocycles. The Morgan fingerprint density at radius 2 is 2.19 bits per heavy atom. The molecule has 5 heteroatoms. The molecule has 1 amide bonds. The van der Waals surface area contributed by atoms with Gasteiger partial charge in [0.15, 0.2) is 0 Å². The Hall–Kier alpha value is -1.10. The molecule has 0 unspecified atom stereocenters. The molecule has 1 heterocycles. The number of nitrogens with one attached hydrogen (secondary N) is 1. The van der Waals surface area contributed by atoms with Crippen molar-refractivity contribution in [3.8, 4) is 0 Å². The first kappa shape index (κ1) is 13.0. The lowest BCUT2D eigenvalue weighted by Crippen LogP contribution is -2.45. The molecular weight excluding hydrogens is 224 g/mol. The van der Waals surface area contributed by atoms with Crippen LogP contribution in [-0.4, -0.2) is 16.0 Å². The molecule has 0 bridgehead atoms. The van der Waals surface area contributed by atoms with Crippen LogP contribution in [0.5, 0.6) is 0 Å². The molecule has 1 rings (SSSR count). The van der Waals surface area contributed by atoms with Gasteiger partial charge in [0.05, 0.1) is 0 Å². The standard InChI is InChI=1S/C11H18N2O2S/c1-5-11(3,4)12-9(14)6-13-8(2)7-16-10(13)15/h7H,5-6H2,1-4H3,(H,12,14). The fraction of sp³-hybridized carbons (Fsp3) is 0.636.